The van der Waals surface area contributed by atoms with E-state index in [-0.39, 0.29) is 5.56 Å². The van der Waals surface area contributed by atoms with Crippen LogP contribution in [0.1, 0.15) is 6.92 Å². The first kappa shape index (κ1) is 8.99. The fourth-order valence-corrected chi connectivity index (χ4v) is 1.33. The summed E-state index contributed by atoms with van der Waals surface area (Å²) in [4.78, 5) is 11.1. The van der Waals surface area contributed by atoms with E-state index in [1.165, 1.54) is 10.6 Å². The van der Waals surface area contributed by atoms with Gasteiger partial charge in [0.05, 0.1) is 0 Å². The Hall–Kier alpha value is -1.10. The molecule has 0 fully saturated rings. The topological polar surface area (TPSA) is 52.9 Å². The van der Waals surface area contributed by atoms with Gasteiger partial charge in [-0.3, -0.25) is 9.36 Å². The maximum atomic E-state index is 11.1. The fraction of sp³-hybridized carbons (Fsp3) is 0.429. The molecule has 2 N–H and O–H groups in total. The van der Waals surface area contributed by atoms with Crippen molar-refractivity contribution >= 4 is 18.0 Å². The quantitative estimate of drug-likeness (QED) is 0.649. The van der Waals surface area contributed by atoms with Gasteiger partial charge in [-0.05, 0) is 19.1 Å². The van der Waals surface area contributed by atoms with Crippen LogP contribution < -0.4 is 11.3 Å². The summed E-state index contributed by atoms with van der Waals surface area (Å²) in [6.45, 7) is 2.61. The Bertz CT molecular complexity index is 404. The van der Waals surface area contributed by atoms with Crippen molar-refractivity contribution in [1.29, 1.82) is 0 Å². The summed E-state index contributed by atoms with van der Waals surface area (Å²) >= 11 is 5.01. The van der Waals surface area contributed by atoms with Gasteiger partial charge in [-0.2, -0.15) is 0 Å². The average Bonchev–Trinajstić information content (AvgIpc) is 2.01. The minimum Gasteiger partial charge on any atom is -0.385 e. The molecule has 0 aliphatic heterocycles. The molecule has 1 aromatic rings. The molecule has 0 spiro atoms. The van der Waals surface area contributed by atoms with Crippen molar-refractivity contribution in [2.45, 2.75) is 13.5 Å². The summed E-state index contributed by atoms with van der Waals surface area (Å²) in [5.74, 6) is 0.422. The highest BCUT2D eigenvalue weighted by Gasteiger charge is 2.00. The number of aromatic nitrogens is 2. The Morgan fingerprint density at radius 2 is 2.25 bits per heavy atom. The van der Waals surface area contributed by atoms with Gasteiger partial charge in [0.1, 0.15) is 5.82 Å². The molecule has 0 aliphatic rings. The monoisotopic (exact) mass is 185 g/mol. The van der Waals surface area contributed by atoms with Gasteiger partial charge in [0.2, 0.25) is 0 Å². The van der Waals surface area contributed by atoms with Crippen LogP contribution in [-0.2, 0) is 13.6 Å². The molecule has 0 aliphatic carbocycles. The second-order valence-electron chi connectivity index (χ2n) is 2.49. The zero-order valence-electron chi connectivity index (χ0n) is 7.07. The number of hydrogen-bond donors (Lipinski definition) is 1. The van der Waals surface area contributed by atoms with Gasteiger partial charge in [0.25, 0.3) is 5.56 Å². The maximum absolute atomic E-state index is 11.1. The summed E-state index contributed by atoms with van der Waals surface area (Å²) < 4.78 is 3.56. The molecule has 0 aromatic carbocycles. The first-order valence-corrected chi connectivity index (χ1v) is 4.05. The zero-order chi connectivity index (χ0) is 9.30. The van der Waals surface area contributed by atoms with Crippen LogP contribution >= 0.6 is 12.2 Å². The Kier molecular flexibility index (Phi) is 2.32. The minimum atomic E-state index is -0.165. The average molecular weight is 185 g/mol. The molecule has 0 saturated carbocycles. The lowest BCUT2D eigenvalue weighted by molar-refractivity contribution is 0.665. The Morgan fingerprint density at radius 3 is 2.75 bits per heavy atom. The van der Waals surface area contributed by atoms with E-state index < -0.39 is 0 Å². The molecule has 0 radical (unpaired) electrons. The van der Waals surface area contributed by atoms with Crippen molar-refractivity contribution in [3.05, 3.63) is 21.2 Å². The standard InChI is InChI=1S/C7H11N3OS/c1-3-10-5(8)4-6(11)9(2)7(10)12/h4H,3,8H2,1-2H3. The number of hydrogen-bond acceptors (Lipinski definition) is 3. The van der Waals surface area contributed by atoms with Crippen LogP contribution in [0.2, 0.25) is 0 Å². The van der Waals surface area contributed by atoms with E-state index in [1.54, 1.807) is 11.6 Å². The van der Waals surface area contributed by atoms with Gasteiger partial charge >= 0.3 is 0 Å². The predicted octanol–water partition coefficient (Wildman–Crippen LogP) is 0.518. The van der Waals surface area contributed by atoms with Crippen molar-refractivity contribution in [2.24, 2.45) is 7.05 Å². The molecule has 1 heterocycles. The molecular weight excluding hydrogens is 174 g/mol. The van der Waals surface area contributed by atoms with Gasteiger partial charge in [-0.1, -0.05) is 0 Å². The molecule has 0 amide bonds. The van der Waals surface area contributed by atoms with Crippen LogP contribution in [0.3, 0.4) is 0 Å². The van der Waals surface area contributed by atoms with Gasteiger partial charge < -0.3 is 10.3 Å². The van der Waals surface area contributed by atoms with Crippen molar-refractivity contribution < 1.29 is 0 Å². The lowest BCUT2D eigenvalue weighted by Gasteiger charge is -2.09. The summed E-state index contributed by atoms with van der Waals surface area (Å²) in [5, 5.41) is 0. The summed E-state index contributed by atoms with van der Waals surface area (Å²) in [7, 11) is 1.64. The van der Waals surface area contributed by atoms with Crippen LogP contribution in [0.4, 0.5) is 5.82 Å². The van der Waals surface area contributed by atoms with Crippen molar-refractivity contribution in [3.63, 3.8) is 0 Å². The van der Waals surface area contributed by atoms with Crippen molar-refractivity contribution in [2.75, 3.05) is 5.73 Å². The first-order chi connectivity index (χ1) is 5.57. The third-order valence-corrected chi connectivity index (χ3v) is 2.24. The normalized spacial score (nSPS) is 10.2. The van der Waals surface area contributed by atoms with Crippen LogP contribution in [-0.4, -0.2) is 9.13 Å². The van der Waals surface area contributed by atoms with E-state index in [0.717, 1.165) is 0 Å². The summed E-state index contributed by atoms with van der Waals surface area (Å²) in [6.07, 6.45) is 0. The highest BCUT2D eigenvalue weighted by molar-refractivity contribution is 7.71. The minimum absolute atomic E-state index is 0.165. The van der Waals surface area contributed by atoms with Crippen LogP contribution in [0.5, 0.6) is 0 Å². The van der Waals surface area contributed by atoms with E-state index >= 15 is 0 Å². The number of rotatable bonds is 1. The molecule has 66 valence electrons. The van der Waals surface area contributed by atoms with Crippen LogP contribution in [0, 0.1) is 4.77 Å². The van der Waals surface area contributed by atoms with Crippen LogP contribution in [0.25, 0.3) is 0 Å². The highest BCUT2D eigenvalue weighted by atomic mass is 32.1. The molecular formula is C7H11N3OS. The smallest absolute Gasteiger partial charge is 0.256 e. The maximum Gasteiger partial charge on any atom is 0.256 e. The molecule has 0 unspecified atom stereocenters. The van der Waals surface area contributed by atoms with Gasteiger partial charge in [0, 0.05) is 19.7 Å². The Labute approximate surface area is 75.2 Å². The molecule has 0 saturated heterocycles. The summed E-state index contributed by atoms with van der Waals surface area (Å²) in [5.41, 5.74) is 5.42. The van der Waals surface area contributed by atoms with E-state index in [9.17, 15) is 4.79 Å². The van der Waals surface area contributed by atoms with E-state index in [2.05, 4.69) is 0 Å². The van der Waals surface area contributed by atoms with E-state index in [1.807, 2.05) is 6.92 Å². The molecule has 0 bridgehead atoms. The van der Waals surface area contributed by atoms with Crippen LogP contribution in [0.15, 0.2) is 10.9 Å². The van der Waals surface area contributed by atoms with Gasteiger partial charge in [0.15, 0.2) is 4.77 Å². The zero-order valence-corrected chi connectivity index (χ0v) is 7.89. The SMILES string of the molecule is CCn1c(N)cc(=O)n(C)c1=S. The lowest BCUT2D eigenvalue weighted by atomic mass is 10.5. The molecule has 4 nitrogen and oxygen atoms in total. The predicted molar refractivity (Wildman–Crippen MR) is 50.6 cm³/mol. The number of anilines is 1. The largest absolute Gasteiger partial charge is 0.385 e. The second kappa shape index (κ2) is 3.10. The fourth-order valence-electron chi connectivity index (χ4n) is 1.00. The third-order valence-electron chi connectivity index (χ3n) is 1.75. The number of nitrogens with two attached hydrogens (primary N) is 1. The van der Waals surface area contributed by atoms with E-state index in [0.29, 0.717) is 17.1 Å². The molecule has 12 heavy (non-hydrogen) atoms. The second-order valence-corrected chi connectivity index (χ2v) is 2.86. The van der Waals surface area contributed by atoms with Crippen molar-refractivity contribution in [3.8, 4) is 0 Å². The number of nitrogen functional groups attached to an aromatic ring is 1. The lowest BCUT2D eigenvalue weighted by Crippen LogP contribution is -2.23. The first-order valence-electron chi connectivity index (χ1n) is 3.64. The Balaban J connectivity index is 3.63. The number of nitrogens with zero attached hydrogens (tertiary/aromatic N) is 2. The molecule has 0 atom stereocenters. The molecule has 5 heteroatoms. The van der Waals surface area contributed by atoms with Gasteiger partial charge in [-0.15, -0.1) is 0 Å². The van der Waals surface area contributed by atoms with Crippen molar-refractivity contribution in [1.82, 2.24) is 9.13 Å². The summed E-state index contributed by atoms with van der Waals surface area (Å²) in [6, 6.07) is 1.37. The Morgan fingerprint density at radius 1 is 1.67 bits per heavy atom. The van der Waals surface area contributed by atoms with Gasteiger partial charge in [-0.25, -0.2) is 0 Å². The third kappa shape index (κ3) is 1.27. The highest BCUT2D eigenvalue weighted by Crippen LogP contribution is 1.99. The molecule has 1 aromatic heterocycles. The van der Waals surface area contributed by atoms with E-state index in [4.69, 9.17) is 18.0 Å². The molecule has 1 rings (SSSR count).